The van der Waals surface area contributed by atoms with Gasteiger partial charge in [0.15, 0.2) is 0 Å². The van der Waals surface area contributed by atoms with Crippen LogP contribution >= 0.6 is 15.9 Å². The molecule has 0 radical (unpaired) electrons. The SMILES string of the molecule is Cc1nc(C)n(Cc2ccc(CN)cc2Br)n1. The fourth-order valence-electron chi connectivity index (χ4n) is 1.72. The van der Waals surface area contributed by atoms with Crippen LogP contribution in [-0.2, 0) is 13.1 Å². The number of nitrogens with two attached hydrogens (primary N) is 1. The van der Waals surface area contributed by atoms with Crippen molar-refractivity contribution in [3.63, 3.8) is 0 Å². The van der Waals surface area contributed by atoms with Gasteiger partial charge in [-0.2, -0.15) is 5.10 Å². The summed E-state index contributed by atoms with van der Waals surface area (Å²) < 4.78 is 2.96. The van der Waals surface area contributed by atoms with Gasteiger partial charge in [-0.1, -0.05) is 28.1 Å². The van der Waals surface area contributed by atoms with E-state index >= 15 is 0 Å². The van der Waals surface area contributed by atoms with Crippen molar-refractivity contribution in [2.75, 3.05) is 0 Å². The Bertz CT molecular complexity index is 533. The molecule has 0 saturated heterocycles. The summed E-state index contributed by atoms with van der Waals surface area (Å²) in [6.07, 6.45) is 0. The Morgan fingerprint density at radius 1 is 1.35 bits per heavy atom. The highest BCUT2D eigenvalue weighted by molar-refractivity contribution is 9.10. The molecule has 2 aromatic rings. The zero-order chi connectivity index (χ0) is 12.4. The maximum absolute atomic E-state index is 5.60. The van der Waals surface area contributed by atoms with Crippen LogP contribution < -0.4 is 5.73 Å². The second-order valence-electron chi connectivity index (χ2n) is 3.99. The van der Waals surface area contributed by atoms with Crippen LogP contribution in [0.4, 0.5) is 0 Å². The number of benzene rings is 1. The fraction of sp³-hybridized carbons (Fsp3) is 0.333. The molecule has 0 aliphatic heterocycles. The molecule has 17 heavy (non-hydrogen) atoms. The van der Waals surface area contributed by atoms with Gasteiger partial charge in [0, 0.05) is 11.0 Å². The summed E-state index contributed by atoms with van der Waals surface area (Å²) in [7, 11) is 0. The Morgan fingerprint density at radius 3 is 2.65 bits per heavy atom. The molecule has 0 aliphatic rings. The van der Waals surface area contributed by atoms with Crippen LogP contribution in [-0.4, -0.2) is 14.8 Å². The van der Waals surface area contributed by atoms with Gasteiger partial charge >= 0.3 is 0 Å². The van der Waals surface area contributed by atoms with Gasteiger partial charge in [-0.25, -0.2) is 9.67 Å². The monoisotopic (exact) mass is 294 g/mol. The molecule has 0 atom stereocenters. The van der Waals surface area contributed by atoms with Gasteiger partial charge in [0.1, 0.15) is 11.6 Å². The second-order valence-corrected chi connectivity index (χ2v) is 4.85. The van der Waals surface area contributed by atoms with Crippen molar-refractivity contribution in [2.45, 2.75) is 26.9 Å². The van der Waals surface area contributed by atoms with E-state index in [-0.39, 0.29) is 0 Å². The third-order valence-electron chi connectivity index (χ3n) is 2.64. The number of hydrogen-bond acceptors (Lipinski definition) is 3. The van der Waals surface area contributed by atoms with Gasteiger partial charge in [-0.05, 0) is 31.0 Å². The number of nitrogens with zero attached hydrogens (tertiary/aromatic N) is 3. The molecule has 2 N–H and O–H groups in total. The van der Waals surface area contributed by atoms with E-state index in [1.807, 2.05) is 24.6 Å². The molecule has 0 amide bonds. The molecular weight excluding hydrogens is 280 g/mol. The van der Waals surface area contributed by atoms with E-state index in [0.717, 1.165) is 28.2 Å². The van der Waals surface area contributed by atoms with Gasteiger partial charge in [-0.15, -0.1) is 0 Å². The largest absolute Gasteiger partial charge is 0.326 e. The van der Waals surface area contributed by atoms with Crippen LogP contribution in [0, 0.1) is 13.8 Å². The lowest BCUT2D eigenvalue weighted by Crippen LogP contribution is -2.05. The van der Waals surface area contributed by atoms with Gasteiger partial charge in [0.05, 0.1) is 6.54 Å². The standard InChI is InChI=1S/C12H15BrN4/c1-8-15-9(2)17(16-8)7-11-4-3-10(6-14)5-12(11)13/h3-5H,6-7,14H2,1-2H3. The normalized spacial score (nSPS) is 10.8. The Balaban J connectivity index is 2.27. The summed E-state index contributed by atoms with van der Waals surface area (Å²) in [6, 6.07) is 6.16. The number of rotatable bonds is 3. The first-order chi connectivity index (χ1) is 8.10. The van der Waals surface area contributed by atoms with E-state index in [9.17, 15) is 0 Å². The first-order valence-electron chi connectivity index (χ1n) is 5.45. The lowest BCUT2D eigenvalue weighted by Gasteiger charge is -2.07. The zero-order valence-electron chi connectivity index (χ0n) is 9.94. The maximum Gasteiger partial charge on any atom is 0.147 e. The van der Waals surface area contributed by atoms with E-state index < -0.39 is 0 Å². The molecule has 0 bridgehead atoms. The van der Waals surface area contributed by atoms with Crippen LogP contribution in [0.25, 0.3) is 0 Å². The van der Waals surface area contributed by atoms with Crippen molar-refractivity contribution in [3.8, 4) is 0 Å². The Kier molecular flexibility index (Phi) is 3.59. The summed E-state index contributed by atoms with van der Waals surface area (Å²) in [5.41, 5.74) is 7.89. The molecule has 90 valence electrons. The molecule has 0 unspecified atom stereocenters. The molecule has 1 aromatic carbocycles. The van der Waals surface area contributed by atoms with Crippen LogP contribution in [0.2, 0.25) is 0 Å². The smallest absolute Gasteiger partial charge is 0.147 e. The molecule has 5 heteroatoms. The quantitative estimate of drug-likeness (QED) is 0.944. The average molecular weight is 295 g/mol. The molecule has 1 aromatic heterocycles. The van der Waals surface area contributed by atoms with E-state index in [0.29, 0.717) is 6.54 Å². The molecule has 1 heterocycles. The minimum atomic E-state index is 0.556. The summed E-state index contributed by atoms with van der Waals surface area (Å²) in [4.78, 5) is 4.29. The second kappa shape index (κ2) is 4.98. The number of aromatic nitrogens is 3. The van der Waals surface area contributed by atoms with Crippen molar-refractivity contribution in [1.29, 1.82) is 0 Å². The maximum atomic E-state index is 5.60. The molecular formula is C12H15BrN4. The van der Waals surface area contributed by atoms with Crippen molar-refractivity contribution in [1.82, 2.24) is 14.8 Å². The van der Waals surface area contributed by atoms with Crippen LogP contribution in [0.15, 0.2) is 22.7 Å². The number of hydrogen-bond donors (Lipinski definition) is 1. The van der Waals surface area contributed by atoms with E-state index in [2.05, 4.69) is 38.1 Å². The summed E-state index contributed by atoms with van der Waals surface area (Å²) >= 11 is 3.56. The van der Waals surface area contributed by atoms with Crippen LogP contribution in [0.1, 0.15) is 22.8 Å². The predicted octanol–water partition coefficient (Wildman–Crippen LogP) is 2.16. The Labute approximate surface area is 109 Å². The molecule has 0 fully saturated rings. The van der Waals surface area contributed by atoms with Crippen molar-refractivity contribution in [2.24, 2.45) is 5.73 Å². The lowest BCUT2D eigenvalue weighted by atomic mass is 10.1. The highest BCUT2D eigenvalue weighted by Gasteiger charge is 2.06. The summed E-state index contributed by atoms with van der Waals surface area (Å²) in [6.45, 7) is 5.14. The van der Waals surface area contributed by atoms with E-state index in [1.54, 1.807) is 0 Å². The molecule has 4 nitrogen and oxygen atoms in total. The van der Waals surface area contributed by atoms with Gasteiger partial charge < -0.3 is 5.73 Å². The van der Waals surface area contributed by atoms with Crippen molar-refractivity contribution < 1.29 is 0 Å². The molecule has 0 aliphatic carbocycles. The van der Waals surface area contributed by atoms with E-state index in [4.69, 9.17) is 5.73 Å². The first-order valence-corrected chi connectivity index (χ1v) is 6.25. The Morgan fingerprint density at radius 2 is 2.12 bits per heavy atom. The highest BCUT2D eigenvalue weighted by atomic mass is 79.9. The first kappa shape index (κ1) is 12.3. The zero-order valence-corrected chi connectivity index (χ0v) is 11.5. The summed E-state index contributed by atoms with van der Waals surface area (Å²) in [5, 5.41) is 4.35. The third-order valence-corrected chi connectivity index (χ3v) is 3.37. The Hall–Kier alpha value is -1.20. The van der Waals surface area contributed by atoms with E-state index in [1.165, 1.54) is 5.56 Å². The number of aryl methyl sites for hydroxylation is 2. The minimum Gasteiger partial charge on any atom is -0.326 e. The van der Waals surface area contributed by atoms with Crippen LogP contribution in [0.3, 0.4) is 0 Å². The van der Waals surface area contributed by atoms with Gasteiger partial charge in [0.2, 0.25) is 0 Å². The lowest BCUT2D eigenvalue weighted by molar-refractivity contribution is 0.654. The average Bonchev–Trinajstić information content (AvgIpc) is 2.60. The van der Waals surface area contributed by atoms with Crippen LogP contribution in [0.5, 0.6) is 0 Å². The van der Waals surface area contributed by atoms with Crippen molar-refractivity contribution >= 4 is 15.9 Å². The number of halogens is 1. The molecule has 2 rings (SSSR count). The minimum absolute atomic E-state index is 0.556. The van der Waals surface area contributed by atoms with Gasteiger partial charge in [-0.3, -0.25) is 0 Å². The fourth-order valence-corrected chi connectivity index (χ4v) is 2.27. The van der Waals surface area contributed by atoms with Crippen molar-refractivity contribution in [3.05, 3.63) is 45.4 Å². The molecule has 0 spiro atoms. The summed E-state index contributed by atoms with van der Waals surface area (Å²) in [5.74, 6) is 1.73. The predicted molar refractivity (Wildman–Crippen MR) is 70.6 cm³/mol. The third kappa shape index (κ3) is 2.73. The molecule has 0 saturated carbocycles. The highest BCUT2D eigenvalue weighted by Crippen LogP contribution is 2.19. The van der Waals surface area contributed by atoms with Gasteiger partial charge in [0.25, 0.3) is 0 Å². The topological polar surface area (TPSA) is 56.7 Å².